The lowest BCUT2D eigenvalue weighted by Gasteiger charge is -2.20. The molecule has 1 aromatic carbocycles. The molecule has 0 fully saturated rings. The van der Waals surface area contributed by atoms with E-state index in [1.807, 2.05) is 0 Å². The minimum absolute atomic E-state index is 0.0401. The first kappa shape index (κ1) is 18.7. The molecule has 0 aliphatic heterocycles. The standard InChI is InChI=1S/C17H17BrFNO3S2/c1-20(9-8-11-2-4-12(19)5-3-11)25(22,23)15-10-24-17-13(15)6-7-14(18)16(17)21/h2-5,10,14H,6-9H2,1H3. The van der Waals surface area contributed by atoms with E-state index in [9.17, 15) is 17.6 Å². The zero-order valence-electron chi connectivity index (χ0n) is 13.5. The van der Waals surface area contributed by atoms with Crippen molar-refractivity contribution in [2.75, 3.05) is 13.6 Å². The number of rotatable bonds is 5. The molecule has 4 nitrogen and oxygen atoms in total. The highest BCUT2D eigenvalue weighted by Crippen LogP contribution is 2.36. The molecule has 1 heterocycles. The van der Waals surface area contributed by atoms with Gasteiger partial charge < -0.3 is 0 Å². The van der Waals surface area contributed by atoms with Crippen molar-refractivity contribution in [3.8, 4) is 0 Å². The summed E-state index contributed by atoms with van der Waals surface area (Å²) in [6.45, 7) is 0.285. The Balaban J connectivity index is 1.78. The van der Waals surface area contributed by atoms with Gasteiger partial charge in [-0.3, -0.25) is 4.79 Å². The van der Waals surface area contributed by atoms with Crippen molar-refractivity contribution in [2.45, 2.75) is 29.0 Å². The molecule has 0 saturated heterocycles. The lowest BCUT2D eigenvalue weighted by molar-refractivity contribution is 0.0985. The van der Waals surface area contributed by atoms with E-state index in [-0.39, 0.29) is 27.9 Å². The number of fused-ring (bicyclic) bond motifs is 1. The van der Waals surface area contributed by atoms with Gasteiger partial charge in [-0.25, -0.2) is 17.1 Å². The maximum Gasteiger partial charge on any atom is 0.243 e. The smallest absolute Gasteiger partial charge is 0.243 e. The molecule has 1 unspecified atom stereocenters. The number of ketones is 1. The van der Waals surface area contributed by atoms with E-state index < -0.39 is 10.0 Å². The number of likely N-dealkylation sites (N-methyl/N-ethyl adjacent to an activating group) is 1. The molecule has 0 radical (unpaired) electrons. The molecule has 3 rings (SSSR count). The van der Waals surface area contributed by atoms with Gasteiger partial charge >= 0.3 is 0 Å². The number of halogens is 2. The van der Waals surface area contributed by atoms with E-state index in [0.717, 1.165) is 5.56 Å². The van der Waals surface area contributed by atoms with Crippen LogP contribution in [0.5, 0.6) is 0 Å². The van der Waals surface area contributed by atoms with E-state index in [2.05, 4.69) is 15.9 Å². The van der Waals surface area contributed by atoms with Gasteiger partial charge in [-0.1, -0.05) is 28.1 Å². The highest BCUT2D eigenvalue weighted by Gasteiger charge is 2.34. The second-order valence-corrected chi connectivity index (χ2v) is 9.98. The third kappa shape index (κ3) is 3.72. The third-order valence-corrected chi connectivity index (χ3v) is 8.31. The molecule has 1 aromatic heterocycles. The van der Waals surface area contributed by atoms with Gasteiger partial charge in [0.2, 0.25) is 10.0 Å². The lowest BCUT2D eigenvalue weighted by Crippen LogP contribution is -2.30. The van der Waals surface area contributed by atoms with Crippen LogP contribution in [0.3, 0.4) is 0 Å². The highest BCUT2D eigenvalue weighted by molar-refractivity contribution is 9.10. The van der Waals surface area contributed by atoms with E-state index >= 15 is 0 Å². The Morgan fingerprint density at radius 2 is 2.00 bits per heavy atom. The van der Waals surface area contributed by atoms with Gasteiger partial charge in [0.1, 0.15) is 5.82 Å². The Hall–Kier alpha value is -1.09. The van der Waals surface area contributed by atoms with Crippen LogP contribution in [-0.4, -0.2) is 36.9 Å². The number of hydrogen-bond donors (Lipinski definition) is 0. The average molecular weight is 446 g/mol. The Bertz CT molecular complexity index is 893. The van der Waals surface area contributed by atoms with Gasteiger partial charge in [-0.15, -0.1) is 11.3 Å². The molecule has 2 aromatic rings. The van der Waals surface area contributed by atoms with Gasteiger partial charge in [0.15, 0.2) is 5.78 Å². The fourth-order valence-corrected chi connectivity index (χ4v) is 6.26. The number of benzene rings is 1. The maximum atomic E-state index is 12.9. The van der Waals surface area contributed by atoms with E-state index in [4.69, 9.17) is 0 Å². The molecule has 0 saturated carbocycles. The first-order valence-corrected chi connectivity index (χ1v) is 11.0. The normalized spacial score (nSPS) is 17.8. The molecule has 0 bridgehead atoms. The number of carbonyl (C=O) groups excluding carboxylic acids is 1. The molecule has 0 N–H and O–H groups in total. The number of thiophene rings is 1. The topological polar surface area (TPSA) is 54.5 Å². The van der Waals surface area contributed by atoms with Gasteiger partial charge in [-0.05, 0) is 42.5 Å². The minimum Gasteiger partial charge on any atom is -0.292 e. The highest BCUT2D eigenvalue weighted by atomic mass is 79.9. The second kappa shape index (κ2) is 7.26. The molecule has 134 valence electrons. The number of hydrogen-bond acceptors (Lipinski definition) is 4. The monoisotopic (exact) mass is 445 g/mol. The second-order valence-electron chi connectivity index (χ2n) is 5.98. The summed E-state index contributed by atoms with van der Waals surface area (Å²) in [4.78, 5) is 12.7. The first-order valence-electron chi connectivity index (χ1n) is 7.80. The largest absolute Gasteiger partial charge is 0.292 e. The zero-order valence-corrected chi connectivity index (χ0v) is 16.8. The van der Waals surface area contributed by atoms with Crippen LogP contribution < -0.4 is 0 Å². The van der Waals surface area contributed by atoms with Crippen LogP contribution in [0.25, 0.3) is 0 Å². The summed E-state index contributed by atoms with van der Waals surface area (Å²) in [5.74, 6) is -0.356. The predicted molar refractivity (Wildman–Crippen MR) is 99.6 cm³/mol. The molecule has 0 spiro atoms. The van der Waals surface area contributed by atoms with Crippen LogP contribution in [0.4, 0.5) is 4.39 Å². The number of Topliss-reactive ketones (excluding diaryl/α,β-unsaturated/α-hetero) is 1. The summed E-state index contributed by atoms with van der Waals surface area (Å²) in [6.07, 6.45) is 1.66. The van der Waals surface area contributed by atoms with Crippen molar-refractivity contribution in [2.24, 2.45) is 0 Å². The average Bonchev–Trinajstić information content (AvgIpc) is 3.03. The van der Waals surface area contributed by atoms with Crippen molar-refractivity contribution in [1.82, 2.24) is 4.31 Å². The summed E-state index contributed by atoms with van der Waals surface area (Å²) in [6, 6.07) is 6.02. The van der Waals surface area contributed by atoms with Crippen molar-refractivity contribution in [3.05, 3.63) is 51.5 Å². The van der Waals surface area contributed by atoms with Crippen LogP contribution in [0, 0.1) is 5.82 Å². The van der Waals surface area contributed by atoms with Crippen molar-refractivity contribution in [3.63, 3.8) is 0 Å². The Kier molecular flexibility index (Phi) is 5.43. The molecule has 1 aliphatic carbocycles. The lowest BCUT2D eigenvalue weighted by atomic mass is 9.98. The summed E-state index contributed by atoms with van der Waals surface area (Å²) < 4.78 is 40.0. The van der Waals surface area contributed by atoms with Crippen LogP contribution in [0.2, 0.25) is 0 Å². The number of carbonyl (C=O) groups is 1. The Labute approximate surface area is 158 Å². The van der Waals surface area contributed by atoms with Crippen molar-refractivity contribution in [1.29, 1.82) is 0 Å². The Morgan fingerprint density at radius 3 is 2.68 bits per heavy atom. The van der Waals surface area contributed by atoms with Gasteiger partial charge in [0.25, 0.3) is 0 Å². The number of alkyl halides is 1. The SMILES string of the molecule is CN(CCc1ccc(F)cc1)S(=O)(=O)c1csc2c1CCC(Br)C2=O. The molecule has 1 atom stereocenters. The maximum absolute atomic E-state index is 12.9. The quantitative estimate of drug-likeness (QED) is 0.660. The van der Waals surface area contributed by atoms with Gasteiger partial charge in [0.05, 0.1) is 14.6 Å². The Morgan fingerprint density at radius 1 is 1.32 bits per heavy atom. The van der Waals surface area contributed by atoms with Crippen LogP contribution >= 0.6 is 27.3 Å². The fraction of sp³-hybridized carbons (Fsp3) is 0.353. The van der Waals surface area contributed by atoms with E-state index in [0.29, 0.717) is 29.7 Å². The molecular weight excluding hydrogens is 429 g/mol. The van der Waals surface area contributed by atoms with Crippen LogP contribution in [-0.2, 0) is 22.9 Å². The molecule has 1 aliphatic rings. The molecule has 8 heteroatoms. The zero-order chi connectivity index (χ0) is 18.2. The molecule has 0 amide bonds. The predicted octanol–water partition coefficient (Wildman–Crippen LogP) is 3.64. The fourth-order valence-electron chi connectivity index (χ4n) is 2.80. The van der Waals surface area contributed by atoms with Crippen molar-refractivity contribution < 1.29 is 17.6 Å². The van der Waals surface area contributed by atoms with Gasteiger partial charge in [-0.2, -0.15) is 0 Å². The summed E-state index contributed by atoms with van der Waals surface area (Å²) in [5.41, 5.74) is 1.51. The van der Waals surface area contributed by atoms with E-state index in [1.54, 1.807) is 17.5 Å². The molecule has 25 heavy (non-hydrogen) atoms. The molecular formula is C17H17BrFNO3S2. The summed E-state index contributed by atoms with van der Waals surface area (Å²) in [5, 5.41) is 1.57. The summed E-state index contributed by atoms with van der Waals surface area (Å²) in [7, 11) is -2.13. The van der Waals surface area contributed by atoms with Crippen molar-refractivity contribution >= 4 is 43.1 Å². The van der Waals surface area contributed by atoms with Crippen LogP contribution in [0.1, 0.15) is 27.2 Å². The minimum atomic E-state index is -3.65. The first-order chi connectivity index (χ1) is 11.8. The third-order valence-electron chi connectivity index (χ3n) is 4.33. The van der Waals surface area contributed by atoms with Gasteiger partial charge in [0, 0.05) is 19.0 Å². The summed E-state index contributed by atoms with van der Waals surface area (Å²) >= 11 is 4.54. The number of nitrogens with zero attached hydrogens (tertiary/aromatic N) is 1. The number of sulfonamides is 1. The van der Waals surface area contributed by atoms with Crippen LogP contribution in [0.15, 0.2) is 34.5 Å². The van der Waals surface area contributed by atoms with E-state index in [1.165, 1.54) is 34.8 Å².